The highest BCUT2D eigenvalue weighted by Gasteiger charge is 2.29. The largest absolute Gasteiger partial charge is 0.481 e. The lowest BCUT2D eigenvalue weighted by Crippen LogP contribution is -2.25. The Labute approximate surface area is 146 Å². The van der Waals surface area contributed by atoms with Gasteiger partial charge < -0.3 is 14.8 Å². The summed E-state index contributed by atoms with van der Waals surface area (Å²) in [6.07, 6.45) is 1.58. The number of rotatable bonds is 5. The number of likely N-dealkylation sites (N-methyl/N-ethyl adjacent to an activating group) is 1. The third-order valence-electron chi connectivity index (χ3n) is 3.00. The summed E-state index contributed by atoms with van der Waals surface area (Å²) >= 11 is 2.07. The molecule has 23 heavy (non-hydrogen) atoms. The first kappa shape index (κ1) is 17.3. The molecule has 1 aromatic carbocycles. The van der Waals surface area contributed by atoms with Gasteiger partial charge in [0.2, 0.25) is 0 Å². The standard InChI is InChI=1S/C15H15IN2O5/c1-3-22-13(19)8-23-12-5-4-9(6-10(12)16)7-11-14(20)18(2)15(21)17-11/h4-7H,3,8H2,1-2H3,(H,17,21)/b11-7+. The lowest BCUT2D eigenvalue weighted by molar-refractivity contribution is -0.145. The van der Waals surface area contributed by atoms with Gasteiger partial charge in [-0.05, 0) is 53.3 Å². The van der Waals surface area contributed by atoms with Gasteiger partial charge in [-0.3, -0.25) is 9.69 Å². The van der Waals surface area contributed by atoms with Crippen LogP contribution in [0.25, 0.3) is 6.08 Å². The van der Waals surface area contributed by atoms with Crippen molar-refractivity contribution in [3.63, 3.8) is 0 Å². The van der Waals surface area contributed by atoms with Gasteiger partial charge in [-0.15, -0.1) is 0 Å². The van der Waals surface area contributed by atoms with E-state index < -0.39 is 12.0 Å². The van der Waals surface area contributed by atoms with Crippen LogP contribution in [0.2, 0.25) is 0 Å². The van der Waals surface area contributed by atoms with Crippen molar-refractivity contribution in [1.29, 1.82) is 0 Å². The monoisotopic (exact) mass is 430 g/mol. The Hall–Kier alpha value is -2.10. The van der Waals surface area contributed by atoms with Crippen LogP contribution in [0, 0.1) is 3.57 Å². The van der Waals surface area contributed by atoms with Gasteiger partial charge in [-0.2, -0.15) is 0 Å². The van der Waals surface area contributed by atoms with E-state index in [1.165, 1.54) is 7.05 Å². The van der Waals surface area contributed by atoms with Crippen molar-refractivity contribution in [1.82, 2.24) is 10.2 Å². The molecule has 1 fully saturated rings. The molecular formula is C15H15IN2O5. The Morgan fingerprint density at radius 2 is 2.13 bits per heavy atom. The molecule has 1 aromatic rings. The van der Waals surface area contributed by atoms with E-state index in [9.17, 15) is 14.4 Å². The molecule has 122 valence electrons. The van der Waals surface area contributed by atoms with Gasteiger partial charge in [0, 0.05) is 7.05 Å². The molecule has 7 nitrogen and oxygen atoms in total. The average Bonchev–Trinajstić information content (AvgIpc) is 2.74. The molecule has 0 atom stereocenters. The highest BCUT2D eigenvalue weighted by atomic mass is 127. The fourth-order valence-electron chi connectivity index (χ4n) is 1.85. The van der Waals surface area contributed by atoms with Crippen molar-refractivity contribution >= 4 is 46.6 Å². The van der Waals surface area contributed by atoms with Crippen LogP contribution >= 0.6 is 22.6 Å². The maximum Gasteiger partial charge on any atom is 0.344 e. The van der Waals surface area contributed by atoms with E-state index in [4.69, 9.17) is 9.47 Å². The molecular weight excluding hydrogens is 415 g/mol. The smallest absolute Gasteiger partial charge is 0.344 e. The Kier molecular flexibility index (Phi) is 5.59. The third kappa shape index (κ3) is 4.21. The molecule has 0 aromatic heterocycles. The Morgan fingerprint density at radius 1 is 1.39 bits per heavy atom. The molecule has 3 amide bonds. The number of imide groups is 1. The lowest BCUT2D eigenvalue weighted by Gasteiger charge is -2.08. The van der Waals surface area contributed by atoms with Crippen molar-refractivity contribution in [3.8, 4) is 5.75 Å². The van der Waals surface area contributed by atoms with Crippen LogP contribution in [-0.2, 0) is 14.3 Å². The molecule has 1 heterocycles. The highest BCUT2D eigenvalue weighted by Crippen LogP contribution is 2.24. The Morgan fingerprint density at radius 3 is 2.70 bits per heavy atom. The van der Waals surface area contributed by atoms with E-state index in [0.717, 1.165) is 14.0 Å². The van der Waals surface area contributed by atoms with Gasteiger partial charge in [0.15, 0.2) is 6.61 Å². The summed E-state index contributed by atoms with van der Waals surface area (Å²) in [7, 11) is 1.41. The summed E-state index contributed by atoms with van der Waals surface area (Å²) < 4.78 is 10.9. The first-order valence-corrected chi connectivity index (χ1v) is 7.89. The predicted molar refractivity (Wildman–Crippen MR) is 90.6 cm³/mol. The van der Waals surface area contributed by atoms with Crippen LogP contribution in [0.5, 0.6) is 5.75 Å². The second-order valence-electron chi connectivity index (χ2n) is 4.64. The summed E-state index contributed by atoms with van der Waals surface area (Å²) in [6, 6.07) is 4.75. The molecule has 0 unspecified atom stereocenters. The van der Waals surface area contributed by atoms with Gasteiger partial charge in [0.1, 0.15) is 11.4 Å². The summed E-state index contributed by atoms with van der Waals surface area (Å²) in [5, 5.41) is 2.49. The van der Waals surface area contributed by atoms with E-state index in [0.29, 0.717) is 12.4 Å². The number of nitrogens with one attached hydrogen (secondary N) is 1. The third-order valence-corrected chi connectivity index (χ3v) is 3.84. The highest BCUT2D eigenvalue weighted by molar-refractivity contribution is 14.1. The average molecular weight is 430 g/mol. The van der Waals surface area contributed by atoms with Crippen LogP contribution in [-0.4, -0.2) is 43.1 Å². The van der Waals surface area contributed by atoms with Crippen molar-refractivity contribution in [2.75, 3.05) is 20.3 Å². The van der Waals surface area contributed by atoms with Gasteiger partial charge in [0.25, 0.3) is 5.91 Å². The number of carbonyl (C=O) groups is 3. The molecule has 0 bridgehead atoms. The quantitative estimate of drug-likeness (QED) is 0.333. The number of halogens is 1. The molecule has 0 radical (unpaired) electrons. The molecule has 0 saturated carbocycles. The predicted octanol–water partition coefficient (Wildman–Crippen LogP) is 1.76. The van der Waals surface area contributed by atoms with E-state index in [2.05, 4.69) is 27.9 Å². The van der Waals surface area contributed by atoms with Crippen molar-refractivity contribution in [3.05, 3.63) is 33.0 Å². The zero-order valence-electron chi connectivity index (χ0n) is 12.6. The normalized spacial score (nSPS) is 15.8. The minimum Gasteiger partial charge on any atom is -0.481 e. The Balaban J connectivity index is 2.09. The molecule has 1 saturated heterocycles. The second kappa shape index (κ2) is 7.44. The number of hydrogen-bond acceptors (Lipinski definition) is 5. The fraction of sp³-hybridized carbons (Fsp3) is 0.267. The number of carbonyl (C=O) groups excluding carboxylic acids is 3. The number of urea groups is 1. The van der Waals surface area contributed by atoms with E-state index in [1.54, 1.807) is 31.2 Å². The number of benzene rings is 1. The zero-order valence-corrected chi connectivity index (χ0v) is 14.7. The summed E-state index contributed by atoms with van der Waals surface area (Å²) in [5.74, 6) is -0.274. The lowest BCUT2D eigenvalue weighted by atomic mass is 10.2. The Bertz CT molecular complexity index is 686. The minimum atomic E-state index is -0.453. The van der Waals surface area contributed by atoms with Gasteiger partial charge in [-0.25, -0.2) is 9.59 Å². The van der Waals surface area contributed by atoms with Crippen LogP contribution in [0.3, 0.4) is 0 Å². The van der Waals surface area contributed by atoms with Crippen molar-refractivity contribution in [2.24, 2.45) is 0 Å². The molecule has 2 rings (SSSR count). The number of esters is 1. The maximum absolute atomic E-state index is 11.8. The summed E-state index contributed by atoms with van der Waals surface area (Å²) in [4.78, 5) is 35.5. The van der Waals surface area contributed by atoms with Gasteiger partial charge in [0.05, 0.1) is 10.2 Å². The van der Waals surface area contributed by atoms with Crippen molar-refractivity contribution < 1.29 is 23.9 Å². The zero-order chi connectivity index (χ0) is 17.0. The maximum atomic E-state index is 11.8. The minimum absolute atomic E-state index is 0.163. The van der Waals surface area contributed by atoms with Crippen LogP contribution in [0.4, 0.5) is 4.79 Å². The van der Waals surface area contributed by atoms with E-state index >= 15 is 0 Å². The fourth-order valence-corrected chi connectivity index (χ4v) is 2.55. The first-order valence-electron chi connectivity index (χ1n) is 6.81. The summed E-state index contributed by atoms with van der Waals surface area (Å²) in [6.45, 7) is 1.87. The van der Waals surface area contributed by atoms with Gasteiger partial charge in [-0.1, -0.05) is 6.07 Å². The van der Waals surface area contributed by atoms with E-state index in [-0.39, 0.29) is 18.2 Å². The van der Waals surface area contributed by atoms with Crippen LogP contribution in [0.15, 0.2) is 23.9 Å². The molecule has 1 aliphatic heterocycles. The molecule has 0 spiro atoms. The number of ether oxygens (including phenoxy) is 2. The van der Waals surface area contributed by atoms with Gasteiger partial charge >= 0.3 is 12.0 Å². The number of hydrogen-bond donors (Lipinski definition) is 1. The second-order valence-corrected chi connectivity index (χ2v) is 5.80. The number of nitrogens with zero attached hydrogens (tertiary/aromatic N) is 1. The van der Waals surface area contributed by atoms with Crippen molar-refractivity contribution in [2.45, 2.75) is 6.92 Å². The van der Waals surface area contributed by atoms with E-state index in [1.807, 2.05) is 0 Å². The summed E-state index contributed by atoms with van der Waals surface area (Å²) in [5.41, 5.74) is 0.949. The molecule has 1 N–H and O–H groups in total. The number of amides is 3. The van der Waals surface area contributed by atoms with Crippen LogP contribution in [0.1, 0.15) is 12.5 Å². The molecule has 0 aliphatic carbocycles. The SMILES string of the molecule is CCOC(=O)COc1ccc(/C=C2/NC(=O)N(C)C2=O)cc1I. The topological polar surface area (TPSA) is 84.9 Å². The van der Waals surface area contributed by atoms with Crippen LogP contribution < -0.4 is 10.1 Å². The molecule has 1 aliphatic rings. The first-order chi connectivity index (χ1) is 10.9. The molecule has 8 heteroatoms.